The van der Waals surface area contributed by atoms with E-state index in [4.69, 9.17) is 4.52 Å². The Hall–Kier alpha value is -1.43. The van der Waals surface area contributed by atoms with Crippen molar-refractivity contribution < 1.29 is 9.32 Å². The van der Waals surface area contributed by atoms with Gasteiger partial charge in [0, 0.05) is 18.9 Å². The highest BCUT2D eigenvalue weighted by atomic mass is 16.5. The van der Waals surface area contributed by atoms with E-state index in [1.165, 1.54) is 12.8 Å². The molecule has 1 aromatic heterocycles. The fourth-order valence-electron chi connectivity index (χ4n) is 3.87. The minimum atomic E-state index is -0.00886. The maximum atomic E-state index is 12.8. The van der Waals surface area contributed by atoms with Crippen LogP contribution in [0.4, 0.5) is 0 Å². The number of nitrogens with zero attached hydrogens (tertiary/aromatic N) is 3. The van der Waals surface area contributed by atoms with Crippen LogP contribution in [-0.4, -0.2) is 40.6 Å². The van der Waals surface area contributed by atoms with Crippen molar-refractivity contribution in [2.24, 2.45) is 11.8 Å². The molecule has 0 spiro atoms. The van der Waals surface area contributed by atoms with Crippen molar-refractivity contribution in [2.75, 3.05) is 19.6 Å². The van der Waals surface area contributed by atoms with Crippen molar-refractivity contribution >= 4 is 5.91 Å². The number of carbonyl (C=O) groups is 1. The van der Waals surface area contributed by atoms with Crippen LogP contribution in [0, 0.1) is 11.8 Å². The third-order valence-corrected chi connectivity index (χ3v) is 5.46. The first-order chi connectivity index (χ1) is 11.6. The van der Waals surface area contributed by atoms with Gasteiger partial charge in [0.2, 0.25) is 11.8 Å². The molecule has 2 aliphatic heterocycles. The van der Waals surface area contributed by atoms with Crippen LogP contribution in [0.5, 0.6) is 0 Å². The maximum absolute atomic E-state index is 12.8. The van der Waals surface area contributed by atoms with E-state index in [2.05, 4.69) is 22.4 Å². The van der Waals surface area contributed by atoms with Gasteiger partial charge in [-0.15, -0.1) is 0 Å². The van der Waals surface area contributed by atoms with Crippen molar-refractivity contribution in [3.8, 4) is 0 Å². The molecule has 134 valence electrons. The number of piperidine rings is 1. The zero-order valence-corrected chi connectivity index (χ0v) is 15.1. The second-order valence-corrected chi connectivity index (χ2v) is 7.68. The molecule has 0 aliphatic carbocycles. The zero-order chi connectivity index (χ0) is 17.1. The first-order valence-electron chi connectivity index (χ1n) is 9.40. The summed E-state index contributed by atoms with van der Waals surface area (Å²) in [6.07, 6.45) is 5.02. The molecule has 0 radical (unpaired) electrons. The maximum Gasteiger partial charge on any atom is 0.229 e. The minimum absolute atomic E-state index is 0.00886. The van der Waals surface area contributed by atoms with Gasteiger partial charge in [0.1, 0.15) is 0 Å². The molecule has 3 rings (SSSR count). The molecule has 1 N–H and O–H groups in total. The van der Waals surface area contributed by atoms with Crippen LogP contribution in [0.1, 0.15) is 76.6 Å². The highest BCUT2D eigenvalue weighted by Crippen LogP contribution is 2.33. The molecule has 0 bridgehead atoms. The lowest BCUT2D eigenvalue weighted by molar-refractivity contribution is -0.133. The van der Waals surface area contributed by atoms with E-state index in [1.54, 1.807) is 0 Å². The van der Waals surface area contributed by atoms with Crippen LogP contribution in [0.15, 0.2) is 4.52 Å². The molecular weight excluding hydrogens is 304 g/mol. The van der Waals surface area contributed by atoms with E-state index in [0.717, 1.165) is 32.5 Å². The molecular formula is C18H30N4O2. The van der Waals surface area contributed by atoms with E-state index in [-0.39, 0.29) is 17.9 Å². The second-order valence-electron chi connectivity index (χ2n) is 7.68. The third-order valence-electron chi connectivity index (χ3n) is 5.46. The number of hydrogen-bond donors (Lipinski definition) is 1. The fraction of sp³-hybridized carbons (Fsp3) is 0.833. The van der Waals surface area contributed by atoms with Gasteiger partial charge in [-0.3, -0.25) is 4.79 Å². The molecule has 6 nitrogen and oxygen atoms in total. The van der Waals surface area contributed by atoms with Gasteiger partial charge in [-0.05, 0) is 50.6 Å². The number of carbonyl (C=O) groups excluding carboxylic acids is 1. The average Bonchev–Trinajstić information content (AvgIpc) is 3.24. The number of rotatable bonds is 5. The number of nitrogens with one attached hydrogen (secondary N) is 1. The van der Waals surface area contributed by atoms with Crippen LogP contribution in [0.3, 0.4) is 0 Å². The molecule has 24 heavy (non-hydrogen) atoms. The molecule has 3 heterocycles. The number of likely N-dealkylation sites (tertiary alicyclic amines) is 1. The monoisotopic (exact) mass is 334 g/mol. The second kappa shape index (κ2) is 7.64. The van der Waals surface area contributed by atoms with Gasteiger partial charge in [-0.1, -0.05) is 25.9 Å². The molecule has 1 aromatic rings. The van der Waals surface area contributed by atoms with E-state index >= 15 is 0 Å². The average molecular weight is 334 g/mol. The van der Waals surface area contributed by atoms with Crippen LogP contribution in [0.2, 0.25) is 0 Å². The quantitative estimate of drug-likeness (QED) is 0.896. The number of aromatic nitrogens is 2. The topological polar surface area (TPSA) is 71.3 Å². The number of amides is 1. The Labute approximate surface area is 144 Å². The smallest absolute Gasteiger partial charge is 0.229 e. The Morgan fingerprint density at radius 2 is 2.17 bits per heavy atom. The van der Waals surface area contributed by atoms with Crippen molar-refractivity contribution in [3.05, 3.63) is 11.7 Å². The van der Waals surface area contributed by atoms with Gasteiger partial charge in [0.05, 0.1) is 6.04 Å². The summed E-state index contributed by atoms with van der Waals surface area (Å²) in [5.74, 6) is 2.83. The largest absolute Gasteiger partial charge is 0.339 e. The molecule has 0 aromatic carbocycles. The van der Waals surface area contributed by atoms with E-state index < -0.39 is 0 Å². The van der Waals surface area contributed by atoms with Crippen LogP contribution in [-0.2, 0) is 4.79 Å². The molecule has 1 amide bonds. The molecule has 0 saturated carbocycles. The summed E-state index contributed by atoms with van der Waals surface area (Å²) in [5.41, 5.74) is 0. The lowest BCUT2D eigenvalue weighted by atomic mass is 9.85. The highest BCUT2D eigenvalue weighted by Gasteiger charge is 2.34. The summed E-state index contributed by atoms with van der Waals surface area (Å²) < 4.78 is 5.34. The Balaban J connectivity index is 1.62. The molecule has 2 saturated heterocycles. The molecule has 3 unspecified atom stereocenters. The fourth-order valence-corrected chi connectivity index (χ4v) is 3.87. The van der Waals surface area contributed by atoms with Crippen molar-refractivity contribution in [1.82, 2.24) is 20.4 Å². The predicted molar refractivity (Wildman–Crippen MR) is 91.4 cm³/mol. The first kappa shape index (κ1) is 17.4. The van der Waals surface area contributed by atoms with Gasteiger partial charge >= 0.3 is 0 Å². The summed E-state index contributed by atoms with van der Waals surface area (Å²) in [6.45, 7) is 9.25. The Morgan fingerprint density at radius 1 is 1.33 bits per heavy atom. The number of hydrogen-bond acceptors (Lipinski definition) is 5. The predicted octanol–water partition coefficient (Wildman–Crippen LogP) is 2.88. The van der Waals surface area contributed by atoms with Gasteiger partial charge in [0.25, 0.3) is 0 Å². The lowest BCUT2D eigenvalue weighted by Gasteiger charge is -2.30. The van der Waals surface area contributed by atoms with Gasteiger partial charge < -0.3 is 14.7 Å². The molecule has 2 aliphatic rings. The van der Waals surface area contributed by atoms with Gasteiger partial charge in [0.15, 0.2) is 5.82 Å². The van der Waals surface area contributed by atoms with E-state index in [9.17, 15) is 4.79 Å². The van der Waals surface area contributed by atoms with Crippen LogP contribution >= 0.6 is 0 Å². The Bertz CT molecular complexity index is 551. The Morgan fingerprint density at radius 3 is 2.83 bits per heavy atom. The van der Waals surface area contributed by atoms with Crippen molar-refractivity contribution in [1.29, 1.82) is 0 Å². The SMILES string of the molecule is CC(C)c1nc(C2CCCN2C(=O)CC(C)C2CCCNC2)no1. The zero-order valence-electron chi connectivity index (χ0n) is 15.1. The van der Waals surface area contributed by atoms with Crippen LogP contribution in [0.25, 0.3) is 0 Å². The van der Waals surface area contributed by atoms with Gasteiger partial charge in [-0.25, -0.2) is 0 Å². The van der Waals surface area contributed by atoms with Crippen LogP contribution < -0.4 is 5.32 Å². The van der Waals surface area contributed by atoms with Crippen molar-refractivity contribution in [3.63, 3.8) is 0 Å². The molecule has 3 atom stereocenters. The summed E-state index contributed by atoms with van der Waals surface area (Å²) >= 11 is 0. The summed E-state index contributed by atoms with van der Waals surface area (Å²) in [6, 6.07) is -0.00886. The Kier molecular flexibility index (Phi) is 5.54. The van der Waals surface area contributed by atoms with E-state index in [1.807, 2.05) is 18.7 Å². The normalized spacial score (nSPS) is 26.1. The third kappa shape index (κ3) is 3.79. The van der Waals surface area contributed by atoms with Gasteiger partial charge in [-0.2, -0.15) is 4.98 Å². The summed E-state index contributed by atoms with van der Waals surface area (Å²) in [7, 11) is 0. The van der Waals surface area contributed by atoms with E-state index in [0.29, 0.717) is 30.0 Å². The van der Waals surface area contributed by atoms with Crippen molar-refractivity contribution in [2.45, 2.75) is 64.8 Å². The minimum Gasteiger partial charge on any atom is -0.339 e. The highest BCUT2D eigenvalue weighted by molar-refractivity contribution is 5.77. The summed E-state index contributed by atoms with van der Waals surface area (Å²) in [4.78, 5) is 19.3. The standard InChI is InChI=1S/C18H30N4O2/c1-12(2)18-20-17(21-24-18)15-7-5-9-22(15)16(23)10-13(3)14-6-4-8-19-11-14/h12-15,19H,4-11H2,1-3H3. The first-order valence-corrected chi connectivity index (χ1v) is 9.40. The molecule has 2 fully saturated rings. The summed E-state index contributed by atoms with van der Waals surface area (Å²) in [5, 5.41) is 7.58. The molecule has 6 heteroatoms. The lowest BCUT2D eigenvalue weighted by Crippen LogP contribution is -2.37.